The Morgan fingerprint density at radius 2 is 2.10 bits per heavy atom. The van der Waals surface area contributed by atoms with Gasteiger partial charge in [0.2, 0.25) is 0 Å². The first kappa shape index (κ1) is 12.7. The normalized spacial score (nSPS) is 14.3. The number of amides is 1. The number of methoxy groups -OCH3 is 1. The van der Waals surface area contributed by atoms with Gasteiger partial charge in [0, 0.05) is 18.5 Å². The van der Waals surface area contributed by atoms with E-state index >= 15 is 0 Å². The lowest BCUT2D eigenvalue weighted by molar-refractivity contribution is 0.0942. The Morgan fingerprint density at radius 1 is 1.35 bits per heavy atom. The molecule has 0 aliphatic heterocycles. The van der Waals surface area contributed by atoms with Gasteiger partial charge in [-0.2, -0.15) is 0 Å². The molecule has 5 heteroatoms. The van der Waals surface area contributed by atoms with Gasteiger partial charge in [-0.25, -0.2) is 0 Å². The standard InChI is InChI=1S/C15H16N2O3/c1-17-13(14(18)16-10-3-4-10)8-9-7-11(20-2)5-6-12(9)15(17)19/h5-8,10H,3-4H2,1-2H3,(H,16,18). The maximum atomic E-state index is 12.3. The minimum atomic E-state index is -0.197. The van der Waals surface area contributed by atoms with Gasteiger partial charge in [0.15, 0.2) is 0 Å². The Labute approximate surface area is 116 Å². The zero-order valence-corrected chi connectivity index (χ0v) is 11.5. The van der Waals surface area contributed by atoms with Crippen molar-refractivity contribution in [2.45, 2.75) is 18.9 Å². The van der Waals surface area contributed by atoms with Crippen LogP contribution in [0.5, 0.6) is 5.75 Å². The van der Waals surface area contributed by atoms with Crippen LogP contribution in [0.25, 0.3) is 10.8 Å². The molecule has 1 aliphatic carbocycles. The van der Waals surface area contributed by atoms with Gasteiger partial charge in [-0.3, -0.25) is 9.59 Å². The number of pyridine rings is 1. The summed E-state index contributed by atoms with van der Waals surface area (Å²) in [6.45, 7) is 0. The monoisotopic (exact) mass is 272 g/mol. The third kappa shape index (κ3) is 2.15. The fraction of sp³-hybridized carbons (Fsp3) is 0.333. The molecule has 1 heterocycles. The van der Waals surface area contributed by atoms with Gasteiger partial charge in [0.05, 0.1) is 7.11 Å². The van der Waals surface area contributed by atoms with Gasteiger partial charge in [0.1, 0.15) is 11.4 Å². The summed E-state index contributed by atoms with van der Waals surface area (Å²) in [5, 5.41) is 4.20. The van der Waals surface area contributed by atoms with E-state index in [0.717, 1.165) is 12.8 Å². The van der Waals surface area contributed by atoms with Crippen molar-refractivity contribution in [2.24, 2.45) is 7.05 Å². The maximum absolute atomic E-state index is 12.3. The molecule has 3 rings (SSSR count). The molecule has 1 aliphatic rings. The predicted octanol–water partition coefficient (Wildman–Crippen LogP) is 1.44. The van der Waals surface area contributed by atoms with Crippen molar-refractivity contribution >= 4 is 16.7 Å². The Hall–Kier alpha value is -2.30. The van der Waals surface area contributed by atoms with Gasteiger partial charge in [-0.1, -0.05) is 0 Å². The molecule has 1 N–H and O–H groups in total. The molecule has 0 saturated heterocycles. The van der Waals surface area contributed by atoms with Gasteiger partial charge < -0.3 is 14.6 Å². The van der Waals surface area contributed by atoms with Gasteiger partial charge >= 0.3 is 0 Å². The van der Waals surface area contributed by atoms with Crippen LogP contribution in [0.1, 0.15) is 23.3 Å². The second-order valence-electron chi connectivity index (χ2n) is 5.09. The number of hydrogen-bond acceptors (Lipinski definition) is 3. The second-order valence-corrected chi connectivity index (χ2v) is 5.09. The Morgan fingerprint density at radius 3 is 2.75 bits per heavy atom. The van der Waals surface area contributed by atoms with Crippen LogP contribution in [0.4, 0.5) is 0 Å². The lowest BCUT2D eigenvalue weighted by Crippen LogP contribution is -2.32. The number of aromatic nitrogens is 1. The molecular weight excluding hydrogens is 256 g/mol. The summed E-state index contributed by atoms with van der Waals surface area (Å²) in [5.41, 5.74) is 0.203. The number of ether oxygens (including phenoxy) is 1. The van der Waals surface area contributed by atoms with Crippen molar-refractivity contribution in [1.82, 2.24) is 9.88 Å². The van der Waals surface area contributed by atoms with Crippen molar-refractivity contribution in [3.8, 4) is 5.75 Å². The van der Waals surface area contributed by atoms with Gasteiger partial charge in [-0.15, -0.1) is 0 Å². The Balaban J connectivity index is 2.13. The summed E-state index contributed by atoms with van der Waals surface area (Å²) in [6.07, 6.45) is 2.03. The summed E-state index contributed by atoms with van der Waals surface area (Å²) in [6, 6.07) is 7.23. The van der Waals surface area contributed by atoms with Crippen LogP contribution in [0.2, 0.25) is 0 Å². The minimum absolute atomic E-state index is 0.175. The highest BCUT2D eigenvalue weighted by Crippen LogP contribution is 2.21. The van der Waals surface area contributed by atoms with Crippen LogP contribution < -0.4 is 15.6 Å². The van der Waals surface area contributed by atoms with Crippen LogP contribution in [0, 0.1) is 0 Å². The van der Waals surface area contributed by atoms with E-state index in [1.54, 1.807) is 38.4 Å². The number of fused-ring (bicyclic) bond motifs is 1. The Kier molecular flexibility index (Phi) is 2.97. The average Bonchev–Trinajstić information content (AvgIpc) is 3.26. The van der Waals surface area contributed by atoms with Crippen LogP contribution in [-0.4, -0.2) is 23.6 Å². The summed E-state index contributed by atoms with van der Waals surface area (Å²) in [7, 11) is 3.19. The highest BCUT2D eigenvalue weighted by molar-refractivity contribution is 5.97. The maximum Gasteiger partial charge on any atom is 0.268 e. The number of carbonyl (C=O) groups is 1. The molecule has 0 bridgehead atoms. The smallest absolute Gasteiger partial charge is 0.268 e. The fourth-order valence-electron chi connectivity index (χ4n) is 2.22. The van der Waals surface area contributed by atoms with Gasteiger partial charge in [-0.05, 0) is 42.5 Å². The van der Waals surface area contributed by atoms with Crippen molar-refractivity contribution in [3.05, 3.63) is 40.3 Å². The molecule has 0 unspecified atom stereocenters. The van der Waals surface area contributed by atoms with E-state index in [1.807, 2.05) is 0 Å². The van der Waals surface area contributed by atoms with E-state index in [2.05, 4.69) is 5.32 Å². The zero-order valence-electron chi connectivity index (χ0n) is 11.5. The van der Waals surface area contributed by atoms with Crippen molar-refractivity contribution in [2.75, 3.05) is 7.11 Å². The molecular formula is C15H16N2O3. The first-order chi connectivity index (χ1) is 9.60. The topological polar surface area (TPSA) is 60.3 Å². The van der Waals surface area contributed by atoms with E-state index in [-0.39, 0.29) is 17.5 Å². The van der Waals surface area contributed by atoms with E-state index in [9.17, 15) is 9.59 Å². The van der Waals surface area contributed by atoms with Crippen LogP contribution >= 0.6 is 0 Å². The number of hydrogen-bond donors (Lipinski definition) is 1. The van der Waals surface area contributed by atoms with Crippen molar-refractivity contribution < 1.29 is 9.53 Å². The fourth-order valence-corrected chi connectivity index (χ4v) is 2.22. The molecule has 1 fully saturated rings. The van der Waals surface area contributed by atoms with Crippen LogP contribution in [-0.2, 0) is 7.05 Å². The summed E-state index contributed by atoms with van der Waals surface area (Å²) < 4.78 is 6.55. The lowest BCUT2D eigenvalue weighted by atomic mass is 10.1. The molecule has 1 aromatic heterocycles. The molecule has 104 valence electrons. The van der Waals surface area contributed by atoms with E-state index in [0.29, 0.717) is 22.2 Å². The zero-order chi connectivity index (χ0) is 14.3. The number of nitrogens with zero attached hydrogens (tertiary/aromatic N) is 1. The first-order valence-electron chi connectivity index (χ1n) is 6.59. The molecule has 1 saturated carbocycles. The molecule has 1 amide bonds. The highest BCUT2D eigenvalue weighted by Gasteiger charge is 2.25. The average molecular weight is 272 g/mol. The van der Waals surface area contributed by atoms with Crippen LogP contribution in [0.3, 0.4) is 0 Å². The quantitative estimate of drug-likeness (QED) is 0.919. The summed E-state index contributed by atoms with van der Waals surface area (Å²) in [5.74, 6) is 0.469. The summed E-state index contributed by atoms with van der Waals surface area (Å²) in [4.78, 5) is 24.5. The number of rotatable bonds is 3. The Bertz CT molecular complexity index is 745. The molecule has 1 aromatic carbocycles. The molecule has 0 spiro atoms. The van der Waals surface area contributed by atoms with Crippen molar-refractivity contribution in [3.63, 3.8) is 0 Å². The number of nitrogens with one attached hydrogen (secondary N) is 1. The van der Waals surface area contributed by atoms with E-state index in [1.165, 1.54) is 4.57 Å². The molecule has 5 nitrogen and oxygen atoms in total. The van der Waals surface area contributed by atoms with Gasteiger partial charge in [0.25, 0.3) is 11.5 Å². The predicted molar refractivity (Wildman–Crippen MR) is 76.2 cm³/mol. The number of carbonyl (C=O) groups excluding carboxylic acids is 1. The van der Waals surface area contributed by atoms with E-state index < -0.39 is 0 Å². The number of benzene rings is 1. The third-order valence-corrected chi connectivity index (χ3v) is 3.59. The molecule has 0 atom stereocenters. The third-order valence-electron chi connectivity index (χ3n) is 3.59. The molecule has 20 heavy (non-hydrogen) atoms. The van der Waals surface area contributed by atoms with Crippen LogP contribution in [0.15, 0.2) is 29.1 Å². The van der Waals surface area contributed by atoms with Crippen molar-refractivity contribution in [1.29, 1.82) is 0 Å². The lowest BCUT2D eigenvalue weighted by Gasteiger charge is -2.11. The highest BCUT2D eigenvalue weighted by atomic mass is 16.5. The largest absolute Gasteiger partial charge is 0.497 e. The SMILES string of the molecule is COc1ccc2c(=O)n(C)c(C(=O)NC3CC3)cc2c1. The molecule has 0 radical (unpaired) electrons. The van der Waals surface area contributed by atoms with E-state index in [4.69, 9.17) is 4.74 Å². The summed E-state index contributed by atoms with van der Waals surface area (Å²) >= 11 is 0. The second kappa shape index (κ2) is 4.67. The first-order valence-corrected chi connectivity index (χ1v) is 6.59. The minimum Gasteiger partial charge on any atom is -0.497 e. The molecule has 2 aromatic rings.